The number of benzene rings is 1. The summed E-state index contributed by atoms with van der Waals surface area (Å²) in [5.74, 6) is 1.60. The van der Waals surface area contributed by atoms with E-state index in [1.54, 1.807) is 7.11 Å². The van der Waals surface area contributed by atoms with E-state index < -0.39 is 0 Å². The van der Waals surface area contributed by atoms with Gasteiger partial charge < -0.3 is 14.8 Å². The molecule has 1 heterocycles. The fourth-order valence-corrected chi connectivity index (χ4v) is 1.84. The quantitative estimate of drug-likeness (QED) is 0.882. The average Bonchev–Trinajstić information content (AvgIpc) is 2.85. The van der Waals surface area contributed by atoms with Gasteiger partial charge in [0.25, 0.3) is 0 Å². The van der Waals surface area contributed by atoms with Crippen molar-refractivity contribution in [2.45, 2.75) is 6.61 Å². The number of nitrogens with one attached hydrogen (secondary N) is 1. The summed E-state index contributed by atoms with van der Waals surface area (Å²) in [6.45, 7) is 0.422. The number of aromatic nitrogens is 2. The van der Waals surface area contributed by atoms with E-state index in [1.165, 1.54) is 11.3 Å². The molecule has 0 aliphatic carbocycles. The monoisotopic (exact) mass is 251 g/mol. The minimum Gasteiger partial charge on any atom is -0.497 e. The van der Waals surface area contributed by atoms with Gasteiger partial charge in [-0.15, -0.1) is 10.2 Å². The second-order valence-corrected chi connectivity index (χ2v) is 4.28. The van der Waals surface area contributed by atoms with E-state index in [9.17, 15) is 0 Å². The summed E-state index contributed by atoms with van der Waals surface area (Å²) in [6, 6.07) is 7.43. The van der Waals surface area contributed by atoms with Crippen LogP contribution in [-0.2, 0) is 6.61 Å². The first kappa shape index (κ1) is 11.7. The molecule has 0 aliphatic heterocycles. The Balaban J connectivity index is 1.92. The second-order valence-electron chi connectivity index (χ2n) is 3.22. The first-order valence-electron chi connectivity index (χ1n) is 5.09. The van der Waals surface area contributed by atoms with E-state index >= 15 is 0 Å². The molecule has 2 aromatic rings. The zero-order chi connectivity index (χ0) is 12.1. The van der Waals surface area contributed by atoms with Gasteiger partial charge in [-0.2, -0.15) is 0 Å². The van der Waals surface area contributed by atoms with E-state index in [0.29, 0.717) is 6.61 Å². The van der Waals surface area contributed by atoms with Gasteiger partial charge in [0, 0.05) is 7.05 Å². The van der Waals surface area contributed by atoms with Crippen molar-refractivity contribution in [1.82, 2.24) is 10.2 Å². The molecule has 2 rings (SSSR count). The summed E-state index contributed by atoms with van der Waals surface area (Å²) in [5.41, 5.74) is 0. The van der Waals surface area contributed by atoms with Crippen LogP contribution in [0, 0.1) is 0 Å². The highest BCUT2D eigenvalue weighted by Gasteiger charge is 2.03. The third kappa shape index (κ3) is 3.07. The fraction of sp³-hybridized carbons (Fsp3) is 0.273. The molecule has 0 aliphatic rings. The van der Waals surface area contributed by atoms with Gasteiger partial charge in [-0.25, -0.2) is 0 Å². The summed E-state index contributed by atoms with van der Waals surface area (Å²) in [6.07, 6.45) is 0. The van der Waals surface area contributed by atoms with Gasteiger partial charge in [-0.05, 0) is 24.3 Å². The molecule has 0 unspecified atom stereocenters. The molecule has 1 aromatic carbocycles. The highest BCUT2D eigenvalue weighted by Crippen LogP contribution is 2.20. The number of hydrogen-bond acceptors (Lipinski definition) is 6. The van der Waals surface area contributed by atoms with Crippen LogP contribution in [-0.4, -0.2) is 24.4 Å². The molecule has 5 nitrogen and oxygen atoms in total. The van der Waals surface area contributed by atoms with Crippen molar-refractivity contribution >= 4 is 16.5 Å². The molecular weight excluding hydrogens is 238 g/mol. The van der Waals surface area contributed by atoms with Crippen molar-refractivity contribution in [3.63, 3.8) is 0 Å². The second kappa shape index (κ2) is 5.49. The summed E-state index contributed by atoms with van der Waals surface area (Å²) >= 11 is 1.48. The van der Waals surface area contributed by atoms with Gasteiger partial charge in [0.05, 0.1) is 7.11 Å². The van der Waals surface area contributed by atoms with Crippen LogP contribution in [0.15, 0.2) is 24.3 Å². The molecular formula is C11H13N3O2S. The lowest BCUT2D eigenvalue weighted by molar-refractivity contribution is 0.304. The summed E-state index contributed by atoms with van der Waals surface area (Å²) < 4.78 is 10.6. The number of methoxy groups -OCH3 is 1. The zero-order valence-corrected chi connectivity index (χ0v) is 10.5. The normalized spacial score (nSPS) is 10.0. The summed E-state index contributed by atoms with van der Waals surface area (Å²) in [4.78, 5) is 0. The maximum Gasteiger partial charge on any atom is 0.205 e. The Hall–Kier alpha value is -1.82. The average molecular weight is 251 g/mol. The Morgan fingerprint density at radius 1 is 1.18 bits per heavy atom. The summed E-state index contributed by atoms with van der Waals surface area (Å²) in [7, 11) is 3.45. The number of anilines is 1. The van der Waals surface area contributed by atoms with Crippen molar-refractivity contribution in [3.05, 3.63) is 29.3 Å². The van der Waals surface area contributed by atoms with Crippen molar-refractivity contribution in [3.8, 4) is 11.5 Å². The minimum absolute atomic E-state index is 0.422. The molecule has 6 heteroatoms. The molecule has 1 N–H and O–H groups in total. The van der Waals surface area contributed by atoms with Crippen LogP contribution >= 0.6 is 11.3 Å². The highest BCUT2D eigenvalue weighted by molar-refractivity contribution is 7.15. The zero-order valence-electron chi connectivity index (χ0n) is 9.64. The molecule has 0 spiro atoms. The van der Waals surface area contributed by atoms with E-state index in [1.807, 2.05) is 31.3 Å². The first-order valence-corrected chi connectivity index (χ1v) is 5.90. The van der Waals surface area contributed by atoms with Crippen molar-refractivity contribution in [2.24, 2.45) is 0 Å². The van der Waals surface area contributed by atoms with Crippen molar-refractivity contribution in [2.75, 3.05) is 19.5 Å². The Morgan fingerprint density at radius 2 is 1.88 bits per heavy atom. The minimum atomic E-state index is 0.422. The van der Waals surface area contributed by atoms with Gasteiger partial charge in [-0.3, -0.25) is 0 Å². The molecule has 90 valence electrons. The van der Waals surface area contributed by atoms with E-state index in [2.05, 4.69) is 15.5 Å². The maximum absolute atomic E-state index is 5.57. The molecule has 17 heavy (non-hydrogen) atoms. The fourth-order valence-electron chi connectivity index (χ4n) is 1.23. The molecule has 0 amide bonds. The number of nitrogens with zero attached hydrogens (tertiary/aromatic N) is 2. The van der Waals surface area contributed by atoms with Crippen LogP contribution in [0.5, 0.6) is 11.5 Å². The van der Waals surface area contributed by atoms with Crippen LogP contribution < -0.4 is 14.8 Å². The molecule has 0 atom stereocenters. The SMILES string of the molecule is CNc1nnc(COc2ccc(OC)cc2)s1. The summed E-state index contributed by atoms with van der Waals surface area (Å²) in [5, 5.41) is 12.5. The standard InChI is InChI=1S/C11H13N3O2S/c1-12-11-14-13-10(17-11)7-16-9-5-3-8(15-2)4-6-9/h3-6H,7H2,1-2H3,(H,12,14). The first-order chi connectivity index (χ1) is 8.31. The number of rotatable bonds is 5. The predicted molar refractivity (Wildman–Crippen MR) is 66.8 cm³/mol. The smallest absolute Gasteiger partial charge is 0.205 e. The predicted octanol–water partition coefficient (Wildman–Crippen LogP) is 2.17. The van der Waals surface area contributed by atoms with Gasteiger partial charge >= 0.3 is 0 Å². The third-order valence-electron chi connectivity index (χ3n) is 2.10. The van der Waals surface area contributed by atoms with Gasteiger partial charge in [0.15, 0.2) is 5.01 Å². The van der Waals surface area contributed by atoms with Gasteiger partial charge in [0.1, 0.15) is 18.1 Å². The molecule has 0 fully saturated rings. The molecule has 1 aromatic heterocycles. The highest BCUT2D eigenvalue weighted by atomic mass is 32.1. The van der Waals surface area contributed by atoms with E-state index in [0.717, 1.165) is 21.6 Å². The van der Waals surface area contributed by atoms with E-state index in [-0.39, 0.29) is 0 Å². The number of ether oxygens (including phenoxy) is 2. The van der Waals surface area contributed by atoms with E-state index in [4.69, 9.17) is 9.47 Å². The Morgan fingerprint density at radius 3 is 2.47 bits per heavy atom. The van der Waals surface area contributed by atoms with Crippen LogP contribution in [0.3, 0.4) is 0 Å². The van der Waals surface area contributed by atoms with Crippen molar-refractivity contribution < 1.29 is 9.47 Å². The van der Waals surface area contributed by atoms with Crippen LogP contribution in [0.2, 0.25) is 0 Å². The van der Waals surface area contributed by atoms with Gasteiger partial charge in [-0.1, -0.05) is 11.3 Å². The maximum atomic E-state index is 5.57. The Labute approximate surface area is 103 Å². The van der Waals surface area contributed by atoms with Crippen LogP contribution in [0.25, 0.3) is 0 Å². The lowest BCUT2D eigenvalue weighted by atomic mass is 10.3. The number of hydrogen-bond donors (Lipinski definition) is 1. The lowest BCUT2D eigenvalue weighted by Crippen LogP contribution is -1.94. The van der Waals surface area contributed by atoms with Crippen LogP contribution in [0.1, 0.15) is 5.01 Å². The van der Waals surface area contributed by atoms with Gasteiger partial charge in [0.2, 0.25) is 5.13 Å². The topological polar surface area (TPSA) is 56.3 Å². The van der Waals surface area contributed by atoms with Crippen LogP contribution in [0.4, 0.5) is 5.13 Å². The van der Waals surface area contributed by atoms with Crippen molar-refractivity contribution in [1.29, 1.82) is 0 Å². The Bertz CT molecular complexity index is 470. The molecule has 0 saturated heterocycles. The Kier molecular flexibility index (Phi) is 3.77. The molecule has 0 radical (unpaired) electrons. The largest absolute Gasteiger partial charge is 0.497 e. The molecule has 0 bridgehead atoms. The lowest BCUT2D eigenvalue weighted by Gasteiger charge is -2.04. The third-order valence-corrected chi connectivity index (χ3v) is 3.02. The molecule has 0 saturated carbocycles.